The van der Waals surface area contributed by atoms with Crippen LogP contribution < -0.4 is 5.32 Å². The second-order valence-electron chi connectivity index (χ2n) is 5.15. The van der Waals surface area contributed by atoms with Gasteiger partial charge >= 0.3 is 5.97 Å². The second-order valence-corrected chi connectivity index (χ2v) is 5.15. The number of carboxylic acid groups (broad SMARTS) is 1. The Morgan fingerprint density at radius 2 is 1.90 bits per heavy atom. The molecule has 1 atom stereocenters. The molecule has 3 N–H and O–H groups in total. The highest BCUT2D eigenvalue weighted by Crippen LogP contribution is 2.22. The van der Waals surface area contributed by atoms with Crippen molar-refractivity contribution < 1.29 is 19.8 Å². The number of benzene rings is 1. The molecule has 20 heavy (non-hydrogen) atoms. The Hall–Kier alpha value is -1.88. The van der Waals surface area contributed by atoms with E-state index in [0.29, 0.717) is 0 Å². The molecule has 1 amide bonds. The van der Waals surface area contributed by atoms with Gasteiger partial charge in [0.2, 0.25) is 5.91 Å². The number of carbonyl (C=O) groups is 2. The summed E-state index contributed by atoms with van der Waals surface area (Å²) in [6, 6.07) is 6.07. The van der Waals surface area contributed by atoms with Crippen LogP contribution in [0, 0.1) is 0 Å². The lowest BCUT2D eigenvalue weighted by Gasteiger charge is -2.16. The van der Waals surface area contributed by atoms with E-state index in [-0.39, 0.29) is 18.9 Å². The Bertz CT molecular complexity index is 513. The summed E-state index contributed by atoms with van der Waals surface area (Å²) in [6.45, 7) is -0.265. The maximum absolute atomic E-state index is 11.7. The molecule has 0 heterocycles. The van der Waals surface area contributed by atoms with Gasteiger partial charge < -0.3 is 15.5 Å². The van der Waals surface area contributed by atoms with E-state index in [1.54, 1.807) is 0 Å². The summed E-state index contributed by atoms with van der Waals surface area (Å²) in [6.07, 6.45) is 3.23. The van der Waals surface area contributed by atoms with Crippen molar-refractivity contribution in [2.24, 2.45) is 0 Å². The topological polar surface area (TPSA) is 86.6 Å². The van der Waals surface area contributed by atoms with Crippen LogP contribution in [0.5, 0.6) is 0 Å². The molecule has 0 spiro atoms. The lowest BCUT2D eigenvalue weighted by Crippen LogP contribution is -2.37. The SMILES string of the molecule is O=C(Cc1ccc2c(c1)CCCC2)NC[C@H](O)C(=O)O. The third kappa shape index (κ3) is 3.81. The molecule has 0 unspecified atom stereocenters. The van der Waals surface area contributed by atoms with Crippen LogP contribution in [0.2, 0.25) is 0 Å². The number of rotatable bonds is 5. The molecule has 0 saturated heterocycles. The Morgan fingerprint density at radius 1 is 1.20 bits per heavy atom. The van der Waals surface area contributed by atoms with Crippen LogP contribution in [0.1, 0.15) is 29.5 Å². The fraction of sp³-hybridized carbons (Fsp3) is 0.467. The number of aliphatic hydroxyl groups excluding tert-OH is 1. The number of amides is 1. The molecule has 0 bridgehead atoms. The maximum atomic E-state index is 11.7. The highest BCUT2D eigenvalue weighted by Gasteiger charge is 2.15. The Labute approximate surface area is 117 Å². The molecule has 1 aromatic carbocycles. The summed E-state index contributed by atoms with van der Waals surface area (Å²) in [5.41, 5.74) is 3.60. The first-order valence-electron chi connectivity index (χ1n) is 6.84. The van der Waals surface area contributed by atoms with E-state index in [1.165, 1.54) is 24.0 Å². The summed E-state index contributed by atoms with van der Waals surface area (Å²) in [5.74, 6) is -1.61. The molecule has 5 heteroatoms. The van der Waals surface area contributed by atoms with Crippen LogP contribution in [0.3, 0.4) is 0 Å². The van der Waals surface area contributed by atoms with Gasteiger partial charge in [-0.1, -0.05) is 18.2 Å². The lowest BCUT2D eigenvalue weighted by atomic mass is 9.90. The molecule has 5 nitrogen and oxygen atoms in total. The van der Waals surface area contributed by atoms with E-state index in [2.05, 4.69) is 17.4 Å². The lowest BCUT2D eigenvalue weighted by molar-refractivity contribution is -0.146. The maximum Gasteiger partial charge on any atom is 0.334 e. The van der Waals surface area contributed by atoms with Crippen molar-refractivity contribution in [3.05, 3.63) is 34.9 Å². The first-order valence-corrected chi connectivity index (χ1v) is 6.84. The van der Waals surface area contributed by atoms with Gasteiger partial charge in [0.15, 0.2) is 6.10 Å². The second kappa shape index (κ2) is 6.52. The summed E-state index contributed by atoms with van der Waals surface area (Å²) in [4.78, 5) is 22.1. The van der Waals surface area contributed by atoms with Gasteiger partial charge in [-0.3, -0.25) is 4.79 Å². The molecule has 1 aromatic rings. The fourth-order valence-electron chi connectivity index (χ4n) is 2.44. The summed E-state index contributed by atoms with van der Waals surface area (Å²) < 4.78 is 0. The smallest absolute Gasteiger partial charge is 0.334 e. The van der Waals surface area contributed by atoms with E-state index in [0.717, 1.165) is 18.4 Å². The number of aliphatic carboxylic acids is 1. The van der Waals surface area contributed by atoms with Crippen molar-refractivity contribution in [2.75, 3.05) is 6.54 Å². The van der Waals surface area contributed by atoms with Gasteiger partial charge in [-0.25, -0.2) is 4.79 Å². The minimum Gasteiger partial charge on any atom is -0.479 e. The molecule has 108 valence electrons. The predicted octanol–water partition coefficient (Wildman–Crippen LogP) is 0.670. The van der Waals surface area contributed by atoms with Crippen LogP contribution in [0.15, 0.2) is 18.2 Å². The highest BCUT2D eigenvalue weighted by molar-refractivity contribution is 5.80. The molecule has 2 rings (SSSR count). The summed E-state index contributed by atoms with van der Waals surface area (Å²) >= 11 is 0. The molecule has 1 aliphatic carbocycles. The van der Waals surface area contributed by atoms with Gasteiger partial charge in [-0.2, -0.15) is 0 Å². The van der Waals surface area contributed by atoms with Gasteiger partial charge in [0.25, 0.3) is 0 Å². The average molecular weight is 277 g/mol. The normalized spacial score (nSPS) is 15.2. The van der Waals surface area contributed by atoms with Crippen LogP contribution in [-0.2, 0) is 28.9 Å². The van der Waals surface area contributed by atoms with Crippen molar-refractivity contribution in [2.45, 2.75) is 38.2 Å². The van der Waals surface area contributed by atoms with E-state index in [4.69, 9.17) is 10.2 Å². The van der Waals surface area contributed by atoms with Crippen LogP contribution in [0.25, 0.3) is 0 Å². The van der Waals surface area contributed by atoms with Crippen molar-refractivity contribution in [1.82, 2.24) is 5.32 Å². The number of aliphatic hydroxyl groups is 1. The van der Waals surface area contributed by atoms with Gasteiger partial charge in [-0.15, -0.1) is 0 Å². The van der Waals surface area contributed by atoms with Crippen molar-refractivity contribution in [1.29, 1.82) is 0 Å². The number of fused-ring (bicyclic) bond motifs is 1. The van der Waals surface area contributed by atoms with Gasteiger partial charge in [0.05, 0.1) is 13.0 Å². The van der Waals surface area contributed by atoms with Crippen molar-refractivity contribution in [3.8, 4) is 0 Å². The van der Waals surface area contributed by atoms with Gasteiger partial charge in [0.1, 0.15) is 0 Å². The van der Waals surface area contributed by atoms with E-state index in [1.807, 2.05) is 6.07 Å². The number of hydrogen-bond donors (Lipinski definition) is 3. The molecule has 1 aliphatic rings. The first kappa shape index (κ1) is 14.5. The Kier molecular flexibility index (Phi) is 4.74. The third-order valence-electron chi connectivity index (χ3n) is 3.56. The fourth-order valence-corrected chi connectivity index (χ4v) is 2.44. The zero-order valence-corrected chi connectivity index (χ0v) is 11.3. The van der Waals surface area contributed by atoms with Crippen LogP contribution >= 0.6 is 0 Å². The largest absolute Gasteiger partial charge is 0.479 e. The zero-order valence-electron chi connectivity index (χ0n) is 11.3. The first-order chi connectivity index (χ1) is 9.56. The number of nitrogens with one attached hydrogen (secondary N) is 1. The van der Waals surface area contributed by atoms with E-state index in [9.17, 15) is 9.59 Å². The van der Waals surface area contributed by atoms with Crippen LogP contribution in [0.4, 0.5) is 0 Å². The number of aryl methyl sites for hydroxylation is 2. The molecular weight excluding hydrogens is 258 g/mol. The minimum atomic E-state index is -1.55. The molecule has 0 saturated carbocycles. The molecule has 0 radical (unpaired) electrons. The zero-order chi connectivity index (χ0) is 14.5. The summed E-state index contributed by atoms with van der Waals surface area (Å²) in [5, 5.41) is 20.0. The van der Waals surface area contributed by atoms with Crippen molar-refractivity contribution >= 4 is 11.9 Å². The van der Waals surface area contributed by atoms with Gasteiger partial charge in [0, 0.05) is 0 Å². The third-order valence-corrected chi connectivity index (χ3v) is 3.56. The Balaban J connectivity index is 1.89. The highest BCUT2D eigenvalue weighted by atomic mass is 16.4. The Morgan fingerprint density at radius 3 is 2.60 bits per heavy atom. The quantitative estimate of drug-likeness (QED) is 0.738. The summed E-state index contributed by atoms with van der Waals surface area (Å²) in [7, 11) is 0. The monoisotopic (exact) mass is 277 g/mol. The standard InChI is InChI=1S/C15H19NO4/c17-13(15(19)20)9-16-14(18)8-10-5-6-11-3-1-2-4-12(11)7-10/h5-7,13,17H,1-4,8-9H2,(H,16,18)(H,19,20)/t13-/m0/s1. The van der Waals surface area contributed by atoms with E-state index >= 15 is 0 Å². The minimum absolute atomic E-state index is 0.208. The van der Waals surface area contributed by atoms with E-state index < -0.39 is 12.1 Å². The molecular formula is C15H19NO4. The number of carbonyl (C=O) groups excluding carboxylic acids is 1. The number of carboxylic acids is 1. The number of hydrogen-bond acceptors (Lipinski definition) is 3. The van der Waals surface area contributed by atoms with Crippen LogP contribution in [-0.4, -0.2) is 34.7 Å². The average Bonchev–Trinajstić information content (AvgIpc) is 2.44. The predicted molar refractivity (Wildman–Crippen MR) is 73.4 cm³/mol. The van der Waals surface area contributed by atoms with Gasteiger partial charge in [-0.05, 0) is 42.4 Å². The molecule has 0 aromatic heterocycles. The molecule has 0 fully saturated rings. The molecule has 0 aliphatic heterocycles. The van der Waals surface area contributed by atoms with Crippen molar-refractivity contribution in [3.63, 3.8) is 0 Å².